The number of nitrogens with two attached hydrogens (primary N) is 1. The number of hydrogen-bond acceptors (Lipinski definition) is 2. The maximum Gasteiger partial charge on any atom is 0.0462 e. The van der Waals surface area contributed by atoms with Gasteiger partial charge in [-0.25, -0.2) is 0 Å². The zero-order valence-electron chi connectivity index (χ0n) is 10.6. The molecular weight excluding hydrogens is 198 g/mol. The first kappa shape index (κ1) is 13.2. The molecule has 1 rings (SSSR count). The summed E-state index contributed by atoms with van der Waals surface area (Å²) in [5, 5.41) is 0. The van der Waals surface area contributed by atoms with E-state index in [1.807, 2.05) is 0 Å². The van der Waals surface area contributed by atoms with Gasteiger partial charge in [-0.1, -0.05) is 18.2 Å². The van der Waals surface area contributed by atoms with E-state index in [1.54, 1.807) is 7.11 Å². The standard InChI is InChI=1S/C14H23NO/c1-11-6-4-7-12(2)14(11)10-13(15)8-5-9-16-3/h4,6-7,13H,5,8-10,15H2,1-3H3. The molecule has 0 bridgehead atoms. The molecule has 1 aromatic carbocycles. The second-order valence-corrected chi connectivity index (χ2v) is 4.47. The van der Waals surface area contributed by atoms with E-state index in [-0.39, 0.29) is 6.04 Å². The Labute approximate surface area is 98.8 Å². The molecule has 16 heavy (non-hydrogen) atoms. The van der Waals surface area contributed by atoms with E-state index < -0.39 is 0 Å². The summed E-state index contributed by atoms with van der Waals surface area (Å²) in [6.45, 7) is 5.12. The Bertz CT molecular complexity index is 302. The van der Waals surface area contributed by atoms with Gasteiger partial charge >= 0.3 is 0 Å². The van der Waals surface area contributed by atoms with Gasteiger partial charge in [0.2, 0.25) is 0 Å². The molecule has 0 aliphatic heterocycles. The van der Waals surface area contributed by atoms with Crippen LogP contribution in [0.25, 0.3) is 0 Å². The predicted octanol–water partition coefficient (Wildman–Crippen LogP) is 2.60. The highest BCUT2D eigenvalue weighted by Gasteiger charge is 2.08. The van der Waals surface area contributed by atoms with Crippen molar-refractivity contribution >= 4 is 0 Å². The molecule has 2 nitrogen and oxygen atoms in total. The Balaban J connectivity index is 2.52. The molecule has 0 saturated carbocycles. The molecule has 1 aromatic rings. The van der Waals surface area contributed by atoms with E-state index >= 15 is 0 Å². The highest BCUT2D eigenvalue weighted by molar-refractivity contribution is 5.34. The van der Waals surface area contributed by atoms with Gasteiger partial charge in [-0.05, 0) is 49.8 Å². The van der Waals surface area contributed by atoms with Crippen molar-refractivity contribution in [3.8, 4) is 0 Å². The number of rotatable bonds is 6. The van der Waals surface area contributed by atoms with E-state index in [0.717, 1.165) is 25.9 Å². The molecule has 0 aromatic heterocycles. The Morgan fingerprint density at radius 3 is 2.44 bits per heavy atom. The van der Waals surface area contributed by atoms with Crippen molar-refractivity contribution in [2.75, 3.05) is 13.7 Å². The lowest BCUT2D eigenvalue weighted by atomic mass is 9.95. The second kappa shape index (κ2) is 6.66. The van der Waals surface area contributed by atoms with Gasteiger partial charge in [0.25, 0.3) is 0 Å². The van der Waals surface area contributed by atoms with Crippen LogP contribution in [0.15, 0.2) is 18.2 Å². The van der Waals surface area contributed by atoms with Gasteiger partial charge in [0, 0.05) is 19.8 Å². The normalized spacial score (nSPS) is 12.8. The molecule has 0 spiro atoms. The van der Waals surface area contributed by atoms with E-state index in [1.165, 1.54) is 16.7 Å². The fourth-order valence-electron chi connectivity index (χ4n) is 2.03. The van der Waals surface area contributed by atoms with Crippen molar-refractivity contribution in [1.82, 2.24) is 0 Å². The predicted molar refractivity (Wildman–Crippen MR) is 68.7 cm³/mol. The lowest BCUT2D eigenvalue weighted by Gasteiger charge is -2.15. The molecule has 0 amide bonds. The lowest BCUT2D eigenvalue weighted by molar-refractivity contribution is 0.190. The number of hydrogen-bond donors (Lipinski definition) is 1. The average molecular weight is 221 g/mol. The minimum Gasteiger partial charge on any atom is -0.385 e. The summed E-state index contributed by atoms with van der Waals surface area (Å²) < 4.78 is 5.03. The third-order valence-electron chi connectivity index (χ3n) is 3.03. The van der Waals surface area contributed by atoms with Crippen molar-refractivity contribution in [1.29, 1.82) is 0 Å². The smallest absolute Gasteiger partial charge is 0.0462 e. The topological polar surface area (TPSA) is 35.2 Å². The van der Waals surface area contributed by atoms with Crippen LogP contribution in [-0.4, -0.2) is 19.8 Å². The number of methoxy groups -OCH3 is 1. The van der Waals surface area contributed by atoms with Gasteiger partial charge < -0.3 is 10.5 Å². The van der Waals surface area contributed by atoms with Gasteiger partial charge in [0.05, 0.1) is 0 Å². The maximum atomic E-state index is 6.13. The quantitative estimate of drug-likeness (QED) is 0.749. The van der Waals surface area contributed by atoms with Crippen LogP contribution in [0.2, 0.25) is 0 Å². The van der Waals surface area contributed by atoms with Crippen molar-refractivity contribution < 1.29 is 4.74 Å². The summed E-state index contributed by atoms with van der Waals surface area (Å²) in [5.74, 6) is 0. The van der Waals surface area contributed by atoms with Gasteiger partial charge in [-0.2, -0.15) is 0 Å². The molecule has 1 unspecified atom stereocenters. The van der Waals surface area contributed by atoms with Crippen molar-refractivity contribution in [3.63, 3.8) is 0 Å². The minimum absolute atomic E-state index is 0.245. The lowest BCUT2D eigenvalue weighted by Crippen LogP contribution is -2.24. The highest BCUT2D eigenvalue weighted by atomic mass is 16.5. The monoisotopic (exact) mass is 221 g/mol. The van der Waals surface area contributed by atoms with Gasteiger partial charge in [0.15, 0.2) is 0 Å². The summed E-state index contributed by atoms with van der Waals surface area (Å²) in [6, 6.07) is 6.66. The van der Waals surface area contributed by atoms with Crippen LogP contribution in [0, 0.1) is 13.8 Å². The zero-order chi connectivity index (χ0) is 12.0. The zero-order valence-corrected chi connectivity index (χ0v) is 10.6. The third kappa shape index (κ3) is 3.95. The molecule has 2 heteroatoms. The van der Waals surface area contributed by atoms with Crippen molar-refractivity contribution in [2.24, 2.45) is 5.73 Å². The number of ether oxygens (including phenoxy) is 1. The SMILES string of the molecule is COCCCC(N)Cc1c(C)cccc1C. The Morgan fingerprint density at radius 2 is 1.88 bits per heavy atom. The van der Waals surface area contributed by atoms with Gasteiger partial charge in [0.1, 0.15) is 0 Å². The minimum atomic E-state index is 0.245. The van der Waals surface area contributed by atoms with Crippen LogP contribution in [0.1, 0.15) is 29.5 Å². The van der Waals surface area contributed by atoms with E-state index in [4.69, 9.17) is 10.5 Å². The first-order valence-electron chi connectivity index (χ1n) is 5.94. The van der Waals surface area contributed by atoms with Crippen molar-refractivity contribution in [3.05, 3.63) is 34.9 Å². The van der Waals surface area contributed by atoms with Gasteiger partial charge in [-0.3, -0.25) is 0 Å². The van der Waals surface area contributed by atoms with Crippen LogP contribution in [-0.2, 0) is 11.2 Å². The van der Waals surface area contributed by atoms with Crippen LogP contribution >= 0.6 is 0 Å². The summed E-state index contributed by atoms with van der Waals surface area (Å²) in [6.07, 6.45) is 3.05. The molecular formula is C14H23NO. The van der Waals surface area contributed by atoms with Crippen molar-refractivity contribution in [2.45, 2.75) is 39.2 Å². The van der Waals surface area contributed by atoms with Crippen LogP contribution in [0.5, 0.6) is 0 Å². The second-order valence-electron chi connectivity index (χ2n) is 4.47. The average Bonchev–Trinajstić information content (AvgIpc) is 2.24. The molecule has 0 radical (unpaired) electrons. The van der Waals surface area contributed by atoms with E-state index in [0.29, 0.717) is 0 Å². The van der Waals surface area contributed by atoms with Gasteiger partial charge in [-0.15, -0.1) is 0 Å². The fraction of sp³-hybridized carbons (Fsp3) is 0.571. The first-order valence-corrected chi connectivity index (χ1v) is 5.94. The summed E-state index contributed by atoms with van der Waals surface area (Å²) >= 11 is 0. The molecule has 0 saturated heterocycles. The van der Waals surface area contributed by atoms with E-state index in [9.17, 15) is 0 Å². The van der Waals surface area contributed by atoms with Crippen LogP contribution in [0.3, 0.4) is 0 Å². The molecule has 90 valence electrons. The first-order chi connectivity index (χ1) is 7.65. The van der Waals surface area contributed by atoms with Crippen LogP contribution < -0.4 is 5.73 Å². The Morgan fingerprint density at radius 1 is 1.25 bits per heavy atom. The van der Waals surface area contributed by atoms with E-state index in [2.05, 4.69) is 32.0 Å². The fourth-order valence-corrected chi connectivity index (χ4v) is 2.03. The molecule has 1 atom stereocenters. The summed E-state index contributed by atoms with van der Waals surface area (Å²) in [5.41, 5.74) is 10.2. The highest BCUT2D eigenvalue weighted by Crippen LogP contribution is 2.16. The Hall–Kier alpha value is -0.860. The number of aryl methyl sites for hydroxylation is 2. The molecule has 2 N–H and O–H groups in total. The molecule has 0 heterocycles. The maximum absolute atomic E-state index is 6.13. The summed E-state index contributed by atoms with van der Waals surface area (Å²) in [7, 11) is 1.73. The number of benzene rings is 1. The Kier molecular flexibility index (Phi) is 5.50. The van der Waals surface area contributed by atoms with Crippen LogP contribution in [0.4, 0.5) is 0 Å². The summed E-state index contributed by atoms with van der Waals surface area (Å²) in [4.78, 5) is 0. The largest absolute Gasteiger partial charge is 0.385 e. The third-order valence-corrected chi connectivity index (χ3v) is 3.03. The molecule has 0 fully saturated rings. The molecule has 0 aliphatic rings. The molecule has 0 aliphatic carbocycles.